The fourth-order valence-corrected chi connectivity index (χ4v) is 2.17. The molecule has 1 aliphatic heterocycles. The van der Waals surface area contributed by atoms with Gasteiger partial charge in [-0.15, -0.1) is 0 Å². The van der Waals surface area contributed by atoms with Gasteiger partial charge in [-0.1, -0.05) is 0 Å². The molecule has 1 amide bonds. The number of hydrogen-bond acceptors (Lipinski definition) is 4. The van der Waals surface area contributed by atoms with Gasteiger partial charge in [0.15, 0.2) is 11.5 Å². The fourth-order valence-electron chi connectivity index (χ4n) is 2.17. The molecule has 3 rings (SSSR count). The number of nitrogens with one attached hydrogen (secondary N) is 1. The molecule has 126 valence electrons. The van der Waals surface area contributed by atoms with Gasteiger partial charge in [-0.3, -0.25) is 9.78 Å². The topological polar surface area (TPSA) is 60.5 Å². The quantitative estimate of drug-likeness (QED) is 0.910. The van der Waals surface area contributed by atoms with Crippen molar-refractivity contribution >= 4 is 11.6 Å². The second-order valence-electron chi connectivity index (χ2n) is 5.13. The van der Waals surface area contributed by atoms with Crippen molar-refractivity contribution in [3.05, 3.63) is 47.8 Å². The molecule has 0 saturated heterocycles. The van der Waals surface area contributed by atoms with E-state index in [1.165, 1.54) is 12.1 Å². The van der Waals surface area contributed by atoms with Crippen LogP contribution < -0.4 is 14.8 Å². The van der Waals surface area contributed by atoms with Gasteiger partial charge in [0, 0.05) is 18.2 Å². The van der Waals surface area contributed by atoms with Crippen LogP contribution in [0.5, 0.6) is 11.5 Å². The lowest BCUT2D eigenvalue weighted by molar-refractivity contribution is -0.137. The van der Waals surface area contributed by atoms with E-state index in [1.807, 2.05) is 0 Å². The van der Waals surface area contributed by atoms with Crippen molar-refractivity contribution in [3.8, 4) is 11.5 Å². The van der Waals surface area contributed by atoms with Gasteiger partial charge in [0.05, 0.1) is 30.7 Å². The van der Waals surface area contributed by atoms with Gasteiger partial charge in [0.1, 0.15) is 0 Å². The molecule has 0 atom stereocenters. The molecule has 0 aliphatic carbocycles. The molecule has 1 N–H and O–H groups in total. The number of benzene rings is 1. The molecular formula is C16H13F3N2O3. The van der Waals surface area contributed by atoms with Gasteiger partial charge >= 0.3 is 6.18 Å². The van der Waals surface area contributed by atoms with Gasteiger partial charge in [-0.2, -0.15) is 13.2 Å². The monoisotopic (exact) mass is 338 g/mol. The van der Waals surface area contributed by atoms with Crippen LogP contribution >= 0.6 is 0 Å². The third-order valence-corrected chi connectivity index (χ3v) is 3.33. The van der Waals surface area contributed by atoms with Crippen molar-refractivity contribution in [2.75, 3.05) is 18.5 Å². The largest absolute Gasteiger partial charge is 0.490 e. The van der Waals surface area contributed by atoms with Gasteiger partial charge in [0.2, 0.25) is 0 Å². The molecule has 0 bridgehead atoms. The van der Waals surface area contributed by atoms with Crippen molar-refractivity contribution < 1.29 is 27.4 Å². The zero-order valence-electron chi connectivity index (χ0n) is 12.4. The normalized spacial score (nSPS) is 14.0. The predicted octanol–water partition coefficient (Wildman–Crippen LogP) is 3.51. The Morgan fingerprint density at radius 1 is 1.08 bits per heavy atom. The molecule has 8 heteroatoms. The van der Waals surface area contributed by atoms with Crippen LogP contribution in [0, 0.1) is 0 Å². The van der Waals surface area contributed by atoms with E-state index >= 15 is 0 Å². The Bertz CT molecular complexity index is 762. The number of pyridine rings is 1. The van der Waals surface area contributed by atoms with Crippen molar-refractivity contribution in [1.29, 1.82) is 0 Å². The maximum Gasteiger partial charge on any atom is 0.417 e. The zero-order chi connectivity index (χ0) is 17.2. The maximum atomic E-state index is 12.7. The predicted molar refractivity (Wildman–Crippen MR) is 79.2 cm³/mol. The van der Waals surface area contributed by atoms with Crippen LogP contribution in [0.4, 0.5) is 18.9 Å². The zero-order valence-corrected chi connectivity index (χ0v) is 12.4. The van der Waals surface area contributed by atoms with E-state index in [1.54, 1.807) is 6.07 Å². The summed E-state index contributed by atoms with van der Waals surface area (Å²) in [4.78, 5) is 15.7. The summed E-state index contributed by atoms with van der Waals surface area (Å²) >= 11 is 0. The lowest BCUT2D eigenvalue weighted by Gasteiger charge is -2.11. The molecule has 2 aromatic rings. The first kappa shape index (κ1) is 16.1. The molecule has 1 aliphatic rings. The molecule has 0 unspecified atom stereocenters. The summed E-state index contributed by atoms with van der Waals surface area (Å²) in [5, 5.41) is 2.40. The van der Waals surface area contributed by atoms with Crippen LogP contribution in [-0.4, -0.2) is 24.1 Å². The van der Waals surface area contributed by atoms with Crippen molar-refractivity contribution in [2.24, 2.45) is 0 Å². The van der Waals surface area contributed by atoms with E-state index in [0.717, 1.165) is 18.7 Å². The first-order valence-corrected chi connectivity index (χ1v) is 7.17. The molecule has 2 heterocycles. The lowest BCUT2D eigenvalue weighted by atomic mass is 10.2. The first-order valence-electron chi connectivity index (χ1n) is 7.17. The summed E-state index contributed by atoms with van der Waals surface area (Å²) in [6.45, 7) is 0.990. The average molecular weight is 338 g/mol. The summed E-state index contributed by atoms with van der Waals surface area (Å²) in [6.07, 6.45) is -1.95. The summed E-state index contributed by atoms with van der Waals surface area (Å²) < 4.78 is 49.0. The smallest absolute Gasteiger partial charge is 0.417 e. The first-order chi connectivity index (χ1) is 11.4. The second-order valence-corrected chi connectivity index (χ2v) is 5.13. The minimum Gasteiger partial charge on any atom is -0.490 e. The average Bonchev–Trinajstić information content (AvgIpc) is 2.78. The molecule has 0 radical (unpaired) electrons. The maximum absolute atomic E-state index is 12.7. The standard InChI is InChI=1S/C16H13F3N2O3/c17-16(18,19)11-7-12(9-20-8-11)21-15(22)10-2-3-13-14(6-10)24-5-1-4-23-13/h2-3,6-9H,1,4-5H2,(H,21,22). The Morgan fingerprint density at radius 2 is 1.83 bits per heavy atom. The molecule has 1 aromatic carbocycles. The number of amides is 1. The SMILES string of the molecule is O=C(Nc1cncc(C(F)(F)F)c1)c1ccc2c(c1)OCCCO2. The number of halogens is 3. The highest BCUT2D eigenvalue weighted by Gasteiger charge is 2.31. The highest BCUT2D eigenvalue weighted by atomic mass is 19.4. The van der Waals surface area contributed by atoms with Crippen molar-refractivity contribution in [3.63, 3.8) is 0 Å². The number of hydrogen-bond donors (Lipinski definition) is 1. The van der Waals surface area contributed by atoms with E-state index in [9.17, 15) is 18.0 Å². The molecule has 0 fully saturated rings. The third kappa shape index (κ3) is 3.58. The van der Waals surface area contributed by atoms with Gasteiger partial charge in [-0.25, -0.2) is 0 Å². The number of fused-ring (bicyclic) bond motifs is 1. The summed E-state index contributed by atoms with van der Waals surface area (Å²) in [5.41, 5.74) is -0.724. The second kappa shape index (κ2) is 6.38. The Morgan fingerprint density at radius 3 is 2.58 bits per heavy atom. The molecule has 5 nitrogen and oxygen atoms in total. The number of nitrogens with zero attached hydrogens (tertiary/aromatic N) is 1. The fraction of sp³-hybridized carbons (Fsp3) is 0.250. The van der Waals surface area contributed by atoms with Crippen LogP contribution in [-0.2, 0) is 6.18 Å². The number of anilines is 1. The highest BCUT2D eigenvalue weighted by Crippen LogP contribution is 2.32. The van der Waals surface area contributed by atoms with E-state index in [2.05, 4.69) is 10.3 Å². The summed E-state index contributed by atoms with van der Waals surface area (Å²) in [7, 11) is 0. The number of alkyl halides is 3. The Balaban J connectivity index is 1.79. The van der Waals surface area contributed by atoms with Gasteiger partial charge in [-0.05, 0) is 24.3 Å². The van der Waals surface area contributed by atoms with Gasteiger partial charge in [0.25, 0.3) is 5.91 Å². The molecule has 0 saturated carbocycles. The molecular weight excluding hydrogens is 325 g/mol. The van der Waals surface area contributed by atoms with E-state index in [0.29, 0.717) is 30.9 Å². The number of ether oxygens (including phenoxy) is 2. The van der Waals surface area contributed by atoms with Crippen LogP contribution in [0.25, 0.3) is 0 Å². The van der Waals surface area contributed by atoms with Crippen LogP contribution in [0.2, 0.25) is 0 Å². The molecule has 1 aromatic heterocycles. The number of carbonyl (C=O) groups is 1. The Hall–Kier alpha value is -2.77. The Labute approximate surface area is 135 Å². The molecule has 24 heavy (non-hydrogen) atoms. The summed E-state index contributed by atoms with van der Waals surface area (Å²) in [6, 6.07) is 5.44. The minimum atomic E-state index is -4.52. The van der Waals surface area contributed by atoms with Crippen LogP contribution in [0.15, 0.2) is 36.7 Å². The van der Waals surface area contributed by atoms with Crippen LogP contribution in [0.3, 0.4) is 0 Å². The van der Waals surface area contributed by atoms with E-state index < -0.39 is 17.6 Å². The van der Waals surface area contributed by atoms with Crippen molar-refractivity contribution in [1.82, 2.24) is 4.98 Å². The lowest BCUT2D eigenvalue weighted by Crippen LogP contribution is -2.14. The number of aromatic nitrogens is 1. The highest BCUT2D eigenvalue weighted by molar-refractivity contribution is 6.04. The van der Waals surface area contributed by atoms with Crippen molar-refractivity contribution in [2.45, 2.75) is 12.6 Å². The third-order valence-electron chi connectivity index (χ3n) is 3.33. The van der Waals surface area contributed by atoms with E-state index in [-0.39, 0.29) is 11.3 Å². The van der Waals surface area contributed by atoms with Gasteiger partial charge < -0.3 is 14.8 Å². The molecule has 0 spiro atoms. The van der Waals surface area contributed by atoms with Crippen LogP contribution in [0.1, 0.15) is 22.3 Å². The minimum absolute atomic E-state index is 0.0399. The Kier molecular flexibility index (Phi) is 4.28. The number of rotatable bonds is 2. The van der Waals surface area contributed by atoms with E-state index in [4.69, 9.17) is 9.47 Å². The number of carbonyl (C=O) groups excluding carboxylic acids is 1. The summed E-state index contributed by atoms with van der Waals surface area (Å²) in [5.74, 6) is 0.402.